The third-order valence-corrected chi connectivity index (χ3v) is 7.47. The van der Waals surface area contributed by atoms with Gasteiger partial charge in [-0.25, -0.2) is 8.42 Å². The lowest BCUT2D eigenvalue weighted by Gasteiger charge is -2.28. The molecule has 2 heterocycles. The molecular weight excluding hydrogens is 390 g/mol. The minimum absolute atomic E-state index is 0.0501. The van der Waals surface area contributed by atoms with Crippen molar-refractivity contribution < 1.29 is 22.4 Å². The monoisotopic (exact) mass is 421 g/mol. The fourth-order valence-corrected chi connectivity index (χ4v) is 5.91. The topological polar surface area (TPSA) is 76.8 Å². The molecule has 29 heavy (non-hydrogen) atoms. The highest BCUT2D eigenvalue weighted by Gasteiger charge is 2.34. The van der Waals surface area contributed by atoms with Crippen molar-refractivity contribution in [2.45, 2.75) is 52.0 Å². The largest absolute Gasteiger partial charge is 0.464 e. The van der Waals surface area contributed by atoms with Gasteiger partial charge in [-0.3, -0.25) is 4.79 Å². The molecule has 2 aromatic rings. The van der Waals surface area contributed by atoms with E-state index in [4.69, 9.17) is 9.15 Å². The van der Waals surface area contributed by atoms with Gasteiger partial charge >= 0.3 is 0 Å². The van der Waals surface area contributed by atoms with Crippen LogP contribution in [0.15, 0.2) is 22.8 Å². The van der Waals surface area contributed by atoms with Gasteiger partial charge in [-0.2, -0.15) is 0 Å². The number of carbonyl (C=O) groups excluding carboxylic acids is 1. The standard InChI is InChI=1S/C22H31NO5S/c1-15(2)19-12-20-17(13-28-21(20)10-16(19)3)11-22(24)23(7-5-8-27-4)18-6-9-29(25,26)14-18/h10,12-13,15,18H,5-9,11,14H2,1-4H3. The van der Waals surface area contributed by atoms with Gasteiger partial charge in [0.1, 0.15) is 5.58 Å². The van der Waals surface area contributed by atoms with E-state index in [0.29, 0.717) is 31.9 Å². The maximum absolute atomic E-state index is 13.2. The van der Waals surface area contributed by atoms with E-state index in [0.717, 1.165) is 16.5 Å². The van der Waals surface area contributed by atoms with Gasteiger partial charge in [-0.15, -0.1) is 0 Å². The maximum Gasteiger partial charge on any atom is 0.227 e. The van der Waals surface area contributed by atoms with Crippen molar-refractivity contribution in [2.75, 3.05) is 31.8 Å². The normalized spacial score (nSPS) is 18.6. The lowest BCUT2D eigenvalue weighted by molar-refractivity contribution is -0.132. The third kappa shape index (κ3) is 5.01. The van der Waals surface area contributed by atoms with Crippen LogP contribution in [0.4, 0.5) is 0 Å². The summed E-state index contributed by atoms with van der Waals surface area (Å²) in [5, 5.41) is 0.962. The van der Waals surface area contributed by atoms with Crippen molar-refractivity contribution >= 4 is 26.7 Å². The van der Waals surface area contributed by atoms with Crippen LogP contribution in [-0.2, 0) is 25.8 Å². The molecule has 1 aromatic heterocycles. The zero-order valence-electron chi connectivity index (χ0n) is 17.7. The molecule has 3 rings (SSSR count). The van der Waals surface area contributed by atoms with Gasteiger partial charge in [-0.05, 0) is 48.9 Å². The second-order valence-corrected chi connectivity index (χ2v) is 10.5. The molecule has 1 atom stereocenters. The van der Waals surface area contributed by atoms with Crippen LogP contribution in [0.5, 0.6) is 0 Å². The van der Waals surface area contributed by atoms with Crippen molar-refractivity contribution in [2.24, 2.45) is 0 Å². The van der Waals surface area contributed by atoms with E-state index in [1.54, 1.807) is 18.3 Å². The van der Waals surface area contributed by atoms with E-state index in [9.17, 15) is 13.2 Å². The number of sulfone groups is 1. The highest BCUT2D eigenvalue weighted by atomic mass is 32.2. The number of furan rings is 1. The smallest absolute Gasteiger partial charge is 0.227 e. The zero-order valence-corrected chi connectivity index (χ0v) is 18.5. The fourth-order valence-electron chi connectivity index (χ4n) is 4.18. The van der Waals surface area contributed by atoms with E-state index in [2.05, 4.69) is 26.8 Å². The first-order valence-electron chi connectivity index (χ1n) is 10.2. The Morgan fingerprint density at radius 3 is 2.72 bits per heavy atom. The number of fused-ring (bicyclic) bond motifs is 1. The highest BCUT2D eigenvalue weighted by Crippen LogP contribution is 2.30. The second-order valence-electron chi connectivity index (χ2n) is 8.29. The molecule has 7 heteroatoms. The molecule has 160 valence electrons. The van der Waals surface area contributed by atoms with E-state index in [-0.39, 0.29) is 29.9 Å². The van der Waals surface area contributed by atoms with E-state index < -0.39 is 9.84 Å². The number of rotatable bonds is 8. The van der Waals surface area contributed by atoms with Crippen LogP contribution in [0, 0.1) is 6.92 Å². The molecule has 1 unspecified atom stereocenters. The number of methoxy groups -OCH3 is 1. The lowest BCUT2D eigenvalue weighted by atomic mass is 9.95. The molecule has 1 aliphatic heterocycles. The third-order valence-electron chi connectivity index (χ3n) is 5.72. The van der Waals surface area contributed by atoms with E-state index in [1.165, 1.54) is 11.1 Å². The van der Waals surface area contributed by atoms with Gasteiger partial charge in [0.15, 0.2) is 9.84 Å². The molecule has 0 saturated carbocycles. The summed E-state index contributed by atoms with van der Waals surface area (Å²) in [5.41, 5.74) is 4.05. The van der Waals surface area contributed by atoms with Gasteiger partial charge in [0.25, 0.3) is 0 Å². The van der Waals surface area contributed by atoms with Crippen LogP contribution < -0.4 is 0 Å². The predicted octanol–water partition coefficient (Wildman–Crippen LogP) is 3.46. The summed E-state index contributed by atoms with van der Waals surface area (Å²) < 4.78 is 34.7. The fraction of sp³-hybridized carbons (Fsp3) is 0.591. The SMILES string of the molecule is COCCCN(C(=O)Cc1coc2cc(C)c(C(C)C)cc12)C1CCS(=O)(=O)C1. The molecule has 0 radical (unpaired) electrons. The Hall–Kier alpha value is -1.86. The van der Waals surface area contributed by atoms with Crippen molar-refractivity contribution in [3.8, 4) is 0 Å². The minimum Gasteiger partial charge on any atom is -0.464 e. The van der Waals surface area contributed by atoms with Gasteiger partial charge in [0, 0.05) is 37.3 Å². The maximum atomic E-state index is 13.2. The second kappa shape index (κ2) is 8.88. The summed E-state index contributed by atoms with van der Waals surface area (Å²) in [4.78, 5) is 14.9. The average molecular weight is 422 g/mol. The molecule has 1 aliphatic rings. The summed E-state index contributed by atoms with van der Waals surface area (Å²) in [7, 11) is -1.44. The van der Waals surface area contributed by atoms with E-state index in [1.807, 2.05) is 6.07 Å². The molecule has 0 N–H and O–H groups in total. The van der Waals surface area contributed by atoms with Crippen LogP contribution in [0.25, 0.3) is 11.0 Å². The Kier molecular flexibility index (Phi) is 6.69. The molecule has 6 nitrogen and oxygen atoms in total. The summed E-state index contributed by atoms with van der Waals surface area (Å²) in [6, 6.07) is 3.89. The Labute approximate surface area is 173 Å². The van der Waals surface area contributed by atoms with E-state index >= 15 is 0 Å². The predicted molar refractivity (Wildman–Crippen MR) is 114 cm³/mol. The van der Waals surface area contributed by atoms with Crippen LogP contribution in [0.2, 0.25) is 0 Å². The van der Waals surface area contributed by atoms with Crippen molar-refractivity contribution in [1.29, 1.82) is 0 Å². The van der Waals surface area contributed by atoms with Gasteiger partial charge in [0.05, 0.1) is 24.2 Å². The lowest BCUT2D eigenvalue weighted by Crippen LogP contribution is -2.42. The van der Waals surface area contributed by atoms with Crippen molar-refractivity contribution in [3.05, 3.63) is 35.1 Å². The summed E-state index contributed by atoms with van der Waals surface area (Å²) in [6.45, 7) is 7.41. The van der Waals surface area contributed by atoms with Crippen LogP contribution in [-0.4, -0.2) is 57.0 Å². The number of amides is 1. The first-order valence-corrected chi connectivity index (χ1v) is 12.0. The quantitative estimate of drug-likeness (QED) is 0.610. The number of hydrogen-bond acceptors (Lipinski definition) is 5. The van der Waals surface area contributed by atoms with Crippen molar-refractivity contribution in [1.82, 2.24) is 4.90 Å². The van der Waals surface area contributed by atoms with Gasteiger partial charge in [-0.1, -0.05) is 13.8 Å². The first kappa shape index (κ1) is 21.8. The van der Waals surface area contributed by atoms with Crippen LogP contribution >= 0.6 is 0 Å². The highest BCUT2D eigenvalue weighted by molar-refractivity contribution is 7.91. The molecule has 0 bridgehead atoms. The molecule has 1 saturated heterocycles. The molecular formula is C22H31NO5S. The van der Waals surface area contributed by atoms with Crippen LogP contribution in [0.1, 0.15) is 49.3 Å². The molecule has 0 spiro atoms. The summed E-state index contributed by atoms with van der Waals surface area (Å²) >= 11 is 0. The Balaban J connectivity index is 1.84. The number of carbonyl (C=O) groups is 1. The Morgan fingerprint density at radius 2 is 2.10 bits per heavy atom. The molecule has 1 fully saturated rings. The van der Waals surface area contributed by atoms with Gasteiger partial charge in [0.2, 0.25) is 5.91 Å². The zero-order chi connectivity index (χ0) is 21.2. The number of benzene rings is 1. The number of hydrogen-bond donors (Lipinski definition) is 0. The average Bonchev–Trinajstić information content (AvgIpc) is 3.20. The Bertz CT molecular complexity index is 976. The van der Waals surface area contributed by atoms with Crippen molar-refractivity contribution in [3.63, 3.8) is 0 Å². The van der Waals surface area contributed by atoms with Crippen LogP contribution in [0.3, 0.4) is 0 Å². The molecule has 0 aliphatic carbocycles. The first-order chi connectivity index (χ1) is 13.7. The Morgan fingerprint density at radius 1 is 1.34 bits per heavy atom. The molecule has 1 amide bonds. The minimum atomic E-state index is -3.06. The molecule has 1 aromatic carbocycles. The summed E-state index contributed by atoms with van der Waals surface area (Å²) in [5.74, 6) is 0.524. The summed E-state index contributed by atoms with van der Waals surface area (Å²) in [6.07, 6.45) is 3.05. The van der Waals surface area contributed by atoms with Gasteiger partial charge < -0.3 is 14.1 Å². The number of aryl methyl sites for hydroxylation is 1. The number of nitrogens with zero attached hydrogens (tertiary/aromatic N) is 1. The number of ether oxygens (including phenoxy) is 1.